The monoisotopic (exact) mass is 519 g/mol. The fraction of sp³-hybridized carbons (Fsp3) is 0.115. The standard InChI is InChI=1S/C26H23F2N7OS/c1-34(2)12-15-6-9-23-30-11-22(35(23)13-15)21-14-37-26(32-21)31-20-8-7-16(10-18(20)28)25(36)33-24-17(27)4-3-5-19(24)29/h3-11,13-14H,12,29H2,1-2H3,(H,31,32)(H,33,36). The summed E-state index contributed by atoms with van der Waals surface area (Å²) in [6.07, 6.45) is 3.78. The van der Waals surface area contributed by atoms with Crippen molar-refractivity contribution >= 4 is 45.1 Å². The average molecular weight is 520 g/mol. The zero-order chi connectivity index (χ0) is 26.1. The van der Waals surface area contributed by atoms with Gasteiger partial charge in [-0.2, -0.15) is 0 Å². The van der Waals surface area contributed by atoms with Crippen LogP contribution in [0.25, 0.3) is 17.0 Å². The first-order valence-electron chi connectivity index (χ1n) is 11.3. The Morgan fingerprint density at radius 3 is 2.73 bits per heavy atom. The van der Waals surface area contributed by atoms with Crippen LogP contribution >= 0.6 is 11.3 Å². The number of aromatic nitrogens is 3. The highest BCUT2D eigenvalue weighted by atomic mass is 32.1. The Balaban J connectivity index is 1.33. The normalized spacial score (nSPS) is 11.3. The highest BCUT2D eigenvalue weighted by Gasteiger charge is 2.16. The largest absolute Gasteiger partial charge is 0.397 e. The summed E-state index contributed by atoms with van der Waals surface area (Å²) in [6, 6.07) is 12.0. The molecule has 2 aromatic carbocycles. The van der Waals surface area contributed by atoms with E-state index < -0.39 is 17.5 Å². The molecule has 3 aromatic heterocycles. The highest BCUT2D eigenvalue weighted by Crippen LogP contribution is 2.30. The van der Waals surface area contributed by atoms with Gasteiger partial charge in [-0.05, 0) is 56.1 Å². The molecule has 0 saturated heterocycles. The van der Waals surface area contributed by atoms with E-state index in [2.05, 4.69) is 25.5 Å². The van der Waals surface area contributed by atoms with E-state index in [1.807, 2.05) is 42.2 Å². The third-order valence-electron chi connectivity index (χ3n) is 5.59. The van der Waals surface area contributed by atoms with Gasteiger partial charge in [0.05, 0.1) is 23.3 Å². The van der Waals surface area contributed by atoms with Crippen LogP contribution in [0.4, 0.5) is 31.0 Å². The third-order valence-corrected chi connectivity index (χ3v) is 6.35. The summed E-state index contributed by atoms with van der Waals surface area (Å²) < 4.78 is 30.8. The topological polar surface area (TPSA) is 101 Å². The Hall–Kier alpha value is -4.35. The lowest BCUT2D eigenvalue weighted by atomic mass is 10.1. The average Bonchev–Trinajstić information content (AvgIpc) is 3.49. The number of benzene rings is 2. The van der Waals surface area contributed by atoms with Crippen molar-refractivity contribution in [2.24, 2.45) is 0 Å². The van der Waals surface area contributed by atoms with Gasteiger partial charge in [0.2, 0.25) is 0 Å². The number of hydrogen-bond acceptors (Lipinski definition) is 7. The molecule has 0 radical (unpaired) electrons. The molecule has 4 N–H and O–H groups in total. The molecule has 5 rings (SSSR count). The van der Waals surface area contributed by atoms with Gasteiger partial charge in [-0.3, -0.25) is 9.20 Å². The first-order valence-corrected chi connectivity index (χ1v) is 12.1. The van der Waals surface area contributed by atoms with E-state index in [1.165, 1.54) is 41.7 Å². The predicted molar refractivity (Wildman–Crippen MR) is 142 cm³/mol. The minimum atomic E-state index is -0.681. The molecule has 0 bridgehead atoms. The molecule has 0 unspecified atom stereocenters. The lowest BCUT2D eigenvalue weighted by molar-refractivity contribution is 0.102. The first-order chi connectivity index (χ1) is 17.8. The van der Waals surface area contributed by atoms with Crippen LogP contribution in [0.2, 0.25) is 0 Å². The van der Waals surface area contributed by atoms with Crippen LogP contribution < -0.4 is 16.4 Å². The van der Waals surface area contributed by atoms with Gasteiger partial charge in [-0.15, -0.1) is 11.3 Å². The molecule has 0 fully saturated rings. The Bertz CT molecular complexity index is 1590. The third kappa shape index (κ3) is 5.13. The van der Waals surface area contributed by atoms with Crippen molar-refractivity contribution in [3.8, 4) is 11.4 Å². The van der Waals surface area contributed by atoms with E-state index in [1.54, 1.807) is 6.20 Å². The van der Waals surface area contributed by atoms with Crippen LogP contribution in [-0.4, -0.2) is 39.3 Å². The Morgan fingerprint density at radius 1 is 1.14 bits per heavy atom. The molecule has 0 spiro atoms. The maximum absolute atomic E-state index is 14.8. The number of hydrogen-bond donors (Lipinski definition) is 3. The number of fused-ring (bicyclic) bond motifs is 1. The SMILES string of the molecule is CN(C)Cc1ccc2ncc(-c3csc(Nc4ccc(C(=O)Nc5c(N)cccc5F)cc4F)n3)n2c1. The molecular weight excluding hydrogens is 496 g/mol. The number of halogens is 2. The number of carbonyl (C=O) groups excluding carboxylic acids is 1. The predicted octanol–water partition coefficient (Wildman–Crippen LogP) is 5.38. The quantitative estimate of drug-likeness (QED) is 0.250. The summed E-state index contributed by atoms with van der Waals surface area (Å²) in [5.74, 6) is -2.01. The van der Waals surface area contributed by atoms with E-state index in [0.717, 1.165) is 29.5 Å². The van der Waals surface area contributed by atoms with E-state index in [0.29, 0.717) is 10.8 Å². The van der Waals surface area contributed by atoms with Crippen molar-refractivity contribution in [1.29, 1.82) is 0 Å². The zero-order valence-corrected chi connectivity index (χ0v) is 20.8. The van der Waals surface area contributed by atoms with Gasteiger partial charge < -0.3 is 21.3 Å². The van der Waals surface area contributed by atoms with Gasteiger partial charge in [-0.25, -0.2) is 18.7 Å². The van der Waals surface area contributed by atoms with Gasteiger partial charge in [0.1, 0.15) is 28.7 Å². The molecule has 5 aromatic rings. The molecule has 0 saturated carbocycles. The van der Waals surface area contributed by atoms with Crippen molar-refractivity contribution in [1.82, 2.24) is 19.3 Å². The summed E-state index contributed by atoms with van der Waals surface area (Å²) in [5, 5.41) is 7.69. The number of thiazole rings is 1. The van der Waals surface area contributed by atoms with Gasteiger partial charge >= 0.3 is 0 Å². The number of pyridine rings is 1. The summed E-state index contributed by atoms with van der Waals surface area (Å²) in [5.41, 5.74) is 9.28. The molecule has 37 heavy (non-hydrogen) atoms. The molecular formula is C26H23F2N7OS. The number of carbonyl (C=O) groups is 1. The minimum Gasteiger partial charge on any atom is -0.397 e. The lowest BCUT2D eigenvalue weighted by Gasteiger charge is -2.10. The van der Waals surface area contributed by atoms with E-state index in [9.17, 15) is 13.6 Å². The first kappa shape index (κ1) is 24.3. The Labute approximate surface area is 215 Å². The fourth-order valence-electron chi connectivity index (χ4n) is 3.85. The molecule has 0 atom stereocenters. The van der Waals surface area contributed by atoms with Crippen LogP contribution in [-0.2, 0) is 6.54 Å². The molecule has 8 nitrogen and oxygen atoms in total. The number of anilines is 4. The number of nitrogens with one attached hydrogen (secondary N) is 2. The van der Waals surface area contributed by atoms with Crippen LogP contribution in [0, 0.1) is 11.6 Å². The molecule has 3 heterocycles. The molecule has 0 aliphatic heterocycles. The maximum Gasteiger partial charge on any atom is 0.255 e. The summed E-state index contributed by atoms with van der Waals surface area (Å²) in [6.45, 7) is 0.790. The van der Waals surface area contributed by atoms with E-state index in [4.69, 9.17) is 5.73 Å². The van der Waals surface area contributed by atoms with Crippen molar-refractivity contribution in [2.45, 2.75) is 6.54 Å². The lowest BCUT2D eigenvalue weighted by Crippen LogP contribution is -2.15. The minimum absolute atomic E-state index is 0.0183. The van der Waals surface area contributed by atoms with Gasteiger partial charge in [0.15, 0.2) is 5.13 Å². The highest BCUT2D eigenvalue weighted by molar-refractivity contribution is 7.14. The maximum atomic E-state index is 14.8. The van der Waals surface area contributed by atoms with Gasteiger partial charge in [0.25, 0.3) is 5.91 Å². The number of nitrogens with zero attached hydrogens (tertiary/aromatic N) is 4. The van der Waals surface area contributed by atoms with Crippen LogP contribution in [0.3, 0.4) is 0 Å². The molecule has 0 aliphatic carbocycles. The summed E-state index contributed by atoms with van der Waals surface area (Å²) in [7, 11) is 4.02. The van der Waals surface area contributed by atoms with E-state index >= 15 is 0 Å². The number of nitrogens with two attached hydrogens (primary N) is 1. The van der Waals surface area contributed by atoms with Crippen molar-refractivity contribution in [3.63, 3.8) is 0 Å². The van der Waals surface area contributed by atoms with Crippen molar-refractivity contribution in [3.05, 3.63) is 89.1 Å². The molecule has 11 heteroatoms. The number of nitrogen functional groups attached to an aromatic ring is 1. The van der Waals surface area contributed by atoms with Gasteiger partial charge in [-0.1, -0.05) is 12.1 Å². The van der Waals surface area contributed by atoms with Crippen LogP contribution in [0.5, 0.6) is 0 Å². The number of para-hydroxylation sites is 1. The second-order valence-corrected chi connectivity index (χ2v) is 9.52. The molecule has 0 aliphatic rings. The van der Waals surface area contributed by atoms with Gasteiger partial charge in [0, 0.05) is 23.7 Å². The van der Waals surface area contributed by atoms with Crippen LogP contribution in [0.15, 0.2) is 66.3 Å². The second-order valence-electron chi connectivity index (χ2n) is 8.66. The smallest absolute Gasteiger partial charge is 0.255 e. The summed E-state index contributed by atoms with van der Waals surface area (Å²) >= 11 is 1.32. The summed E-state index contributed by atoms with van der Waals surface area (Å²) in [4.78, 5) is 23.7. The molecule has 1 amide bonds. The van der Waals surface area contributed by atoms with E-state index in [-0.39, 0.29) is 22.6 Å². The number of imidazole rings is 1. The number of amides is 1. The van der Waals surface area contributed by atoms with Crippen LogP contribution in [0.1, 0.15) is 15.9 Å². The second kappa shape index (κ2) is 9.96. The van der Waals surface area contributed by atoms with Crippen molar-refractivity contribution < 1.29 is 13.6 Å². The number of rotatable bonds is 7. The Kier molecular flexibility index (Phi) is 6.55. The fourth-order valence-corrected chi connectivity index (χ4v) is 4.57. The molecule has 188 valence electrons. The van der Waals surface area contributed by atoms with Crippen molar-refractivity contribution in [2.75, 3.05) is 30.5 Å². The Morgan fingerprint density at radius 2 is 1.97 bits per heavy atom. The zero-order valence-electron chi connectivity index (χ0n) is 20.0.